The SMILES string of the molecule is CC1(C)CC(=O)c2sc(NC(=O)c3ccccc3I)nc2C1. The number of thiazole rings is 1. The molecule has 1 aromatic carbocycles. The lowest BCUT2D eigenvalue weighted by molar-refractivity contribution is 0.0915. The molecule has 0 spiro atoms. The number of amides is 1. The average molecular weight is 426 g/mol. The molecule has 1 heterocycles. The molecule has 114 valence electrons. The highest BCUT2D eigenvalue weighted by molar-refractivity contribution is 14.1. The summed E-state index contributed by atoms with van der Waals surface area (Å²) in [5, 5.41) is 3.32. The van der Waals surface area contributed by atoms with Gasteiger partial charge in [0, 0.05) is 9.99 Å². The summed E-state index contributed by atoms with van der Waals surface area (Å²) < 4.78 is 0.885. The number of nitrogens with zero attached hydrogens (tertiary/aromatic N) is 1. The van der Waals surface area contributed by atoms with Crippen LogP contribution in [0.3, 0.4) is 0 Å². The van der Waals surface area contributed by atoms with E-state index < -0.39 is 0 Å². The largest absolute Gasteiger partial charge is 0.298 e. The van der Waals surface area contributed by atoms with E-state index in [9.17, 15) is 9.59 Å². The molecule has 0 unspecified atom stereocenters. The van der Waals surface area contributed by atoms with Gasteiger partial charge in [-0.2, -0.15) is 0 Å². The van der Waals surface area contributed by atoms with E-state index in [2.05, 4.69) is 46.7 Å². The molecule has 1 aromatic heterocycles. The van der Waals surface area contributed by atoms with E-state index in [4.69, 9.17) is 0 Å². The quantitative estimate of drug-likeness (QED) is 0.734. The van der Waals surface area contributed by atoms with Gasteiger partial charge >= 0.3 is 0 Å². The van der Waals surface area contributed by atoms with Crippen molar-refractivity contribution in [2.45, 2.75) is 26.7 Å². The molecule has 0 fully saturated rings. The van der Waals surface area contributed by atoms with E-state index in [1.807, 2.05) is 18.2 Å². The predicted molar refractivity (Wildman–Crippen MR) is 95.7 cm³/mol. The van der Waals surface area contributed by atoms with Gasteiger partial charge in [0.15, 0.2) is 10.9 Å². The summed E-state index contributed by atoms with van der Waals surface area (Å²) in [6, 6.07) is 7.38. The Bertz CT molecular complexity index is 767. The molecule has 2 aromatic rings. The molecule has 1 aliphatic carbocycles. The molecule has 0 radical (unpaired) electrons. The highest BCUT2D eigenvalue weighted by Crippen LogP contribution is 2.38. The molecule has 3 rings (SSSR count). The number of benzene rings is 1. The van der Waals surface area contributed by atoms with Crippen LogP contribution in [0.4, 0.5) is 5.13 Å². The number of hydrogen-bond acceptors (Lipinski definition) is 4. The fourth-order valence-electron chi connectivity index (χ4n) is 2.58. The van der Waals surface area contributed by atoms with Gasteiger partial charge in [-0.1, -0.05) is 37.3 Å². The van der Waals surface area contributed by atoms with Crippen molar-refractivity contribution in [3.8, 4) is 0 Å². The minimum absolute atomic E-state index is 0.0613. The van der Waals surface area contributed by atoms with Crippen LogP contribution in [0, 0.1) is 8.99 Å². The van der Waals surface area contributed by atoms with Crippen molar-refractivity contribution >= 4 is 50.7 Å². The first-order chi connectivity index (χ1) is 10.4. The van der Waals surface area contributed by atoms with Crippen LogP contribution in [-0.2, 0) is 6.42 Å². The lowest BCUT2D eigenvalue weighted by Gasteiger charge is -2.26. The van der Waals surface area contributed by atoms with E-state index in [0.29, 0.717) is 22.0 Å². The van der Waals surface area contributed by atoms with Gasteiger partial charge in [-0.05, 0) is 46.6 Å². The van der Waals surface area contributed by atoms with E-state index in [1.165, 1.54) is 11.3 Å². The zero-order chi connectivity index (χ0) is 15.9. The monoisotopic (exact) mass is 426 g/mol. The van der Waals surface area contributed by atoms with Crippen molar-refractivity contribution in [3.05, 3.63) is 44.0 Å². The van der Waals surface area contributed by atoms with Gasteiger partial charge in [-0.15, -0.1) is 0 Å². The Hall–Kier alpha value is -1.28. The number of fused-ring (bicyclic) bond motifs is 1. The summed E-state index contributed by atoms with van der Waals surface area (Å²) in [5.41, 5.74) is 1.36. The maximum atomic E-state index is 12.3. The fourth-order valence-corrected chi connectivity index (χ4v) is 4.13. The number of aromatic nitrogens is 1. The van der Waals surface area contributed by atoms with Crippen molar-refractivity contribution in [1.29, 1.82) is 0 Å². The second-order valence-corrected chi connectivity index (χ2v) is 8.33. The zero-order valence-corrected chi connectivity index (χ0v) is 15.2. The molecule has 0 aliphatic heterocycles. The van der Waals surface area contributed by atoms with Crippen LogP contribution >= 0.6 is 33.9 Å². The minimum atomic E-state index is -0.192. The van der Waals surface area contributed by atoms with Gasteiger partial charge in [0.2, 0.25) is 0 Å². The van der Waals surface area contributed by atoms with Crippen molar-refractivity contribution in [1.82, 2.24) is 4.98 Å². The second kappa shape index (κ2) is 5.73. The summed E-state index contributed by atoms with van der Waals surface area (Å²) >= 11 is 3.41. The lowest BCUT2D eigenvalue weighted by atomic mass is 9.78. The molecule has 1 aliphatic rings. The first-order valence-corrected chi connectivity index (χ1v) is 8.84. The molecule has 1 N–H and O–H groups in total. The Morgan fingerprint density at radius 2 is 2.05 bits per heavy atom. The molecule has 0 bridgehead atoms. The Morgan fingerprint density at radius 3 is 2.77 bits per heavy atom. The number of carbonyl (C=O) groups excluding carboxylic acids is 2. The maximum Gasteiger partial charge on any atom is 0.258 e. The summed E-state index contributed by atoms with van der Waals surface area (Å²) in [4.78, 5) is 29.7. The average Bonchev–Trinajstić information content (AvgIpc) is 2.80. The third-order valence-electron chi connectivity index (χ3n) is 3.57. The van der Waals surface area contributed by atoms with E-state index in [0.717, 1.165) is 15.7 Å². The summed E-state index contributed by atoms with van der Waals surface area (Å²) in [5.74, 6) is -0.0682. The number of anilines is 1. The van der Waals surface area contributed by atoms with Gasteiger partial charge in [0.05, 0.1) is 16.1 Å². The Morgan fingerprint density at radius 1 is 1.32 bits per heavy atom. The number of hydrogen-bond donors (Lipinski definition) is 1. The Labute approximate surface area is 146 Å². The Kier molecular flexibility index (Phi) is 4.07. The third kappa shape index (κ3) is 3.08. The van der Waals surface area contributed by atoms with Crippen molar-refractivity contribution in [3.63, 3.8) is 0 Å². The zero-order valence-electron chi connectivity index (χ0n) is 12.3. The number of rotatable bonds is 2. The predicted octanol–water partition coefficient (Wildman–Crippen LogP) is 4.16. The van der Waals surface area contributed by atoms with Crippen molar-refractivity contribution < 1.29 is 9.59 Å². The normalized spacial score (nSPS) is 16.2. The van der Waals surface area contributed by atoms with Gasteiger partial charge in [-0.25, -0.2) is 4.98 Å². The van der Waals surface area contributed by atoms with Crippen LogP contribution in [0.15, 0.2) is 24.3 Å². The second-order valence-electron chi connectivity index (χ2n) is 6.17. The molecule has 0 saturated carbocycles. The number of nitrogens with one attached hydrogen (secondary N) is 1. The van der Waals surface area contributed by atoms with E-state index >= 15 is 0 Å². The topological polar surface area (TPSA) is 59.1 Å². The lowest BCUT2D eigenvalue weighted by Crippen LogP contribution is -2.26. The van der Waals surface area contributed by atoms with Crippen LogP contribution in [0.25, 0.3) is 0 Å². The number of Topliss-reactive ketones (excluding diaryl/α,β-unsaturated/α-hetero) is 1. The number of carbonyl (C=O) groups is 2. The number of halogens is 1. The van der Waals surface area contributed by atoms with Crippen LogP contribution < -0.4 is 5.32 Å². The van der Waals surface area contributed by atoms with Crippen LogP contribution in [0.2, 0.25) is 0 Å². The molecular weight excluding hydrogens is 411 g/mol. The number of ketones is 1. The van der Waals surface area contributed by atoms with Crippen molar-refractivity contribution in [2.75, 3.05) is 5.32 Å². The first kappa shape index (κ1) is 15.6. The molecule has 0 saturated heterocycles. The molecular formula is C16H15IN2O2S. The van der Waals surface area contributed by atoms with Crippen LogP contribution in [-0.4, -0.2) is 16.7 Å². The first-order valence-electron chi connectivity index (χ1n) is 6.94. The molecule has 0 atom stereocenters. The highest BCUT2D eigenvalue weighted by atomic mass is 127. The standard InChI is InChI=1S/C16H15IN2O2S/c1-16(2)7-11-13(12(20)8-16)22-15(18-11)19-14(21)9-5-3-4-6-10(9)17/h3-6H,7-8H2,1-2H3,(H,18,19,21). The molecule has 1 amide bonds. The molecule has 22 heavy (non-hydrogen) atoms. The Balaban J connectivity index is 1.85. The summed E-state index contributed by atoms with van der Waals surface area (Å²) in [7, 11) is 0. The van der Waals surface area contributed by atoms with Crippen LogP contribution in [0.5, 0.6) is 0 Å². The van der Waals surface area contributed by atoms with Gasteiger partial charge in [-0.3, -0.25) is 14.9 Å². The maximum absolute atomic E-state index is 12.3. The van der Waals surface area contributed by atoms with Gasteiger partial charge < -0.3 is 0 Å². The summed E-state index contributed by atoms with van der Waals surface area (Å²) in [6.07, 6.45) is 1.30. The molecule has 4 nitrogen and oxygen atoms in total. The van der Waals surface area contributed by atoms with E-state index in [1.54, 1.807) is 6.07 Å². The highest BCUT2D eigenvalue weighted by Gasteiger charge is 2.34. The van der Waals surface area contributed by atoms with Crippen molar-refractivity contribution in [2.24, 2.45) is 5.41 Å². The van der Waals surface area contributed by atoms with Gasteiger partial charge in [0.1, 0.15) is 0 Å². The van der Waals surface area contributed by atoms with Crippen LogP contribution in [0.1, 0.15) is 46.0 Å². The fraction of sp³-hybridized carbons (Fsp3) is 0.312. The molecule has 6 heteroatoms. The summed E-state index contributed by atoms with van der Waals surface area (Å²) in [6.45, 7) is 4.13. The van der Waals surface area contributed by atoms with E-state index in [-0.39, 0.29) is 17.1 Å². The third-order valence-corrected chi connectivity index (χ3v) is 5.57. The van der Waals surface area contributed by atoms with Gasteiger partial charge in [0.25, 0.3) is 5.91 Å². The smallest absolute Gasteiger partial charge is 0.258 e. The minimum Gasteiger partial charge on any atom is -0.298 e.